The Morgan fingerprint density at radius 2 is 2.10 bits per heavy atom. The zero-order valence-corrected chi connectivity index (χ0v) is 19.0. The second-order valence-electron chi connectivity index (χ2n) is 8.00. The molecular weight excluding hydrogens is 416 g/mol. The summed E-state index contributed by atoms with van der Waals surface area (Å²) in [6.45, 7) is 9.21. The van der Waals surface area contributed by atoms with Crippen molar-refractivity contribution in [1.82, 2.24) is 14.7 Å². The van der Waals surface area contributed by atoms with Gasteiger partial charge >= 0.3 is 0 Å². The summed E-state index contributed by atoms with van der Waals surface area (Å²) in [6, 6.07) is 7.58. The van der Waals surface area contributed by atoms with Crippen molar-refractivity contribution in [2.45, 2.75) is 44.7 Å². The van der Waals surface area contributed by atoms with E-state index in [9.17, 15) is 13.2 Å². The number of nitrogens with zero attached hydrogens (tertiary/aromatic N) is 3. The number of anilines is 1. The van der Waals surface area contributed by atoms with Crippen molar-refractivity contribution in [3.05, 3.63) is 54.2 Å². The minimum absolute atomic E-state index is 0.156. The quantitative estimate of drug-likeness (QED) is 0.655. The highest BCUT2D eigenvalue weighted by atomic mass is 32.2. The number of ether oxygens (including phenoxy) is 1. The van der Waals surface area contributed by atoms with E-state index in [1.807, 2.05) is 13.0 Å². The lowest BCUT2D eigenvalue weighted by Gasteiger charge is -2.36. The van der Waals surface area contributed by atoms with Crippen molar-refractivity contribution in [2.24, 2.45) is 5.92 Å². The fourth-order valence-corrected chi connectivity index (χ4v) is 4.41. The summed E-state index contributed by atoms with van der Waals surface area (Å²) in [7, 11) is -4.20. The number of pyridine rings is 2. The first kappa shape index (κ1) is 22.7. The summed E-state index contributed by atoms with van der Waals surface area (Å²) < 4.78 is 33.1. The van der Waals surface area contributed by atoms with Gasteiger partial charge in [0.05, 0.1) is 5.56 Å². The monoisotopic (exact) mass is 444 g/mol. The second kappa shape index (κ2) is 9.05. The molecular formula is C22H28N4O4S. The number of rotatable bonds is 7. The third-order valence-electron chi connectivity index (χ3n) is 5.74. The maximum atomic E-state index is 13.0. The first-order valence-corrected chi connectivity index (χ1v) is 11.7. The van der Waals surface area contributed by atoms with Gasteiger partial charge in [0.25, 0.3) is 15.9 Å². The normalized spacial score (nSPS) is 18.3. The smallest absolute Gasteiger partial charge is 0.281 e. The van der Waals surface area contributed by atoms with Crippen LogP contribution in [0.3, 0.4) is 0 Å². The average Bonchev–Trinajstić information content (AvgIpc) is 3.00. The molecule has 0 aromatic carbocycles. The Morgan fingerprint density at radius 1 is 1.32 bits per heavy atom. The maximum Gasteiger partial charge on any atom is 0.281 e. The van der Waals surface area contributed by atoms with Crippen molar-refractivity contribution in [3.8, 4) is 5.88 Å². The van der Waals surface area contributed by atoms with Crippen LogP contribution in [0.4, 0.5) is 5.82 Å². The standard InChI is InChI=1S/C22H28N4O4S/c1-5-6-15-30-18-10-7-11-19(24-18)31(28,29)25-21(27)17-9-8-13-23-20(17)26-14-12-16(2)22(26,3)4/h5-11,13,16H,12,14-15H2,1-4H3,(H,25,27)/b6-5+. The van der Waals surface area contributed by atoms with Crippen LogP contribution in [-0.4, -0.2) is 43.0 Å². The third-order valence-corrected chi connectivity index (χ3v) is 6.97. The predicted molar refractivity (Wildman–Crippen MR) is 119 cm³/mol. The Bertz CT molecular complexity index is 1080. The first-order chi connectivity index (χ1) is 14.7. The van der Waals surface area contributed by atoms with Crippen LogP contribution in [0, 0.1) is 5.92 Å². The Labute approximate surface area is 183 Å². The molecule has 1 fully saturated rings. The van der Waals surface area contributed by atoms with Crippen molar-refractivity contribution in [1.29, 1.82) is 0 Å². The highest BCUT2D eigenvalue weighted by molar-refractivity contribution is 7.90. The van der Waals surface area contributed by atoms with E-state index in [-0.39, 0.29) is 28.6 Å². The SMILES string of the molecule is C/C=C/COc1cccc(S(=O)(=O)NC(=O)c2cccnc2N2CCC(C)C2(C)C)n1. The minimum atomic E-state index is -4.20. The van der Waals surface area contributed by atoms with Crippen LogP contribution in [0.25, 0.3) is 0 Å². The van der Waals surface area contributed by atoms with E-state index in [1.54, 1.807) is 30.5 Å². The Hall–Kier alpha value is -2.94. The van der Waals surface area contributed by atoms with Crippen molar-refractivity contribution in [3.63, 3.8) is 0 Å². The van der Waals surface area contributed by atoms with Gasteiger partial charge in [-0.05, 0) is 51.3 Å². The number of hydrogen-bond donors (Lipinski definition) is 1. The highest BCUT2D eigenvalue weighted by Crippen LogP contribution is 2.38. The number of aromatic nitrogens is 2. The van der Waals surface area contributed by atoms with Gasteiger partial charge in [0.15, 0.2) is 5.03 Å². The van der Waals surface area contributed by atoms with Gasteiger partial charge in [-0.15, -0.1) is 0 Å². The van der Waals surface area contributed by atoms with Crippen LogP contribution in [0.2, 0.25) is 0 Å². The van der Waals surface area contributed by atoms with Gasteiger partial charge in [-0.2, -0.15) is 13.4 Å². The molecule has 0 radical (unpaired) electrons. The molecule has 1 atom stereocenters. The van der Waals surface area contributed by atoms with E-state index >= 15 is 0 Å². The maximum absolute atomic E-state index is 13.0. The van der Waals surface area contributed by atoms with Crippen molar-refractivity contribution in [2.75, 3.05) is 18.1 Å². The van der Waals surface area contributed by atoms with Gasteiger partial charge < -0.3 is 9.64 Å². The van der Waals surface area contributed by atoms with Crippen molar-refractivity contribution >= 4 is 21.7 Å². The van der Waals surface area contributed by atoms with Crippen LogP contribution in [-0.2, 0) is 10.0 Å². The Balaban J connectivity index is 1.85. The molecule has 2 aromatic rings. The molecule has 0 spiro atoms. The molecule has 0 saturated carbocycles. The van der Waals surface area contributed by atoms with Crippen LogP contribution in [0.15, 0.2) is 53.7 Å². The number of carbonyl (C=O) groups excluding carboxylic acids is 1. The topological polar surface area (TPSA) is 101 Å². The molecule has 1 N–H and O–H groups in total. The number of allylic oxidation sites excluding steroid dienone is 1. The number of hydrogen-bond acceptors (Lipinski definition) is 7. The molecule has 2 aromatic heterocycles. The van der Waals surface area contributed by atoms with Crippen LogP contribution in [0.5, 0.6) is 5.88 Å². The zero-order valence-electron chi connectivity index (χ0n) is 18.2. The van der Waals surface area contributed by atoms with Crippen molar-refractivity contribution < 1.29 is 17.9 Å². The lowest BCUT2D eigenvalue weighted by atomic mass is 9.90. The second-order valence-corrected chi connectivity index (χ2v) is 9.63. The van der Waals surface area contributed by atoms with E-state index in [4.69, 9.17) is 4.74 Å². The molecule has 0 bridgehead atoms. The van der Waals surface area contributed by atoms with Gasteiger partial charge in [-0.3, -0.25) is 4.79 Å². The third kappa shape index (κ3) is 4.87. The summed E-state index contributed by atoms with van der Waals surface area (Å²) in [5.41, 5.74) is -0.00340. The summed E-state index contributed by atoms with van der Waals surface area (Å²) >= 11 is 0. The molecule has 3 heterocycles. The largest absolute Gasteiger partial charge is 0.473 e. The summed E-state index contributed by atoms with van der Waals surface area (Å²) in [5, 5.41) is -0.292. The average molecular weight is 445 g/mol. The predicted octanol–water partition coefficient (Wildman–Crippen LogP) is 3.18. The molecule has 8 nitrogen and oxygen atoms in total. The molecule has 31 heavy (non-hydrogen) atoms. The summed E-state index contributed by atoms with van der Waals surface area (Å²) in [4.78, 5) is 23.4. The Kier molecular flexibility index (Phi) is 6.64. The van der Waals surface area contributed by atoms with E-state index in [0.29, 0.717) is 11.7 Å². The number of sulfonamides is 1. The van der Waals surface area contributed by atoms with Crippen LogP contribution < -0.4 is 14.4 Å². The number of amides is 1. The van der Waals surface area contributed by atoms with E-state index < -0.39 is 15.9 Å². The lowest BCUT2D eigenvalue weighted by Crippen LogP contribution is -2.43. The molecule has 3 rings (SSSR count). The van der Waals surface area contributed by atoms with E-state index in [2.05, 4.69) is 40.4 Å². The fourth-order valence-electron chi connectivity index (χ4n) is 3.48. The molecule has 9 heteroatoms. The first-order valence-electron chi connectivity index (χ1n) is 10.2. The number of carbonyl (C=O) groups is 1. The summed E-state index contributed by atoms with van der Waals surface area (Å²) in [5.74, 6) is 0.286. The van der Waals surface area contributed by atoms with Gasteiger partial charge in [-0.25, -0.2) is 9.71 Å². The van der Waals surface area contributed by atoms with Crippen LogP contribution in [0.1, 0.15) is 44.5 Å². The molecule has 0 aliphatic carbocycles. The van der Waals surface area contributed by atoms with Crippen LogP contribution >= 0.6 is 0 Å². The number of nitrogens with one attached hydrogen (secondary N) is 1. The van der Waals surface area contributed by atoms with E-state index in [0.717, 1.165) is 13.0 Å². The summed E-state index contributed by atoms with van der Waals surface area (Å²) in [6.07, 6.45) is 6.16. The minimum Gasteiger partial charge on any atom is -0.473 e. The lowest BCUT2D eigenvalue weighted by molar-refractivity contribution is 0.0981. The Morgan fingerprint density at radius 3 is 2.77 bits per heavy atom. The molecule has 1 aliphatic rings. The van der Waals surface area contributed by atoms with Gasteiger partial charge in [0.2, 0.25) is 5.88 Å². The van der Waals surface area contributed by atoms with Gasteiger partial charge in [0.1, 0.15) is 12.4 Å². The highest BCUT2D eigenvalue weighted by Gasteiger charge is 2.40. The van der Waals surface area contributed by atoms with Gasteiger partial charge in [-0.1, -0.05) is 25.1 Å². The fraction of sp³-hybridized carbons (Fsp3) is 0.409. The zero-order chi connectivity index (χ0) is 22.6. The molecule has 1 saturated heterocycles. The molecule has 1 amide bonds. The molecule has 166 valence electrons. The molecule has 1 aliphatic heterocycles. The molecule has 1 unspecified atom stereocenters. The van der Waals surface area contributed by atoms with Gasteiger partial charge in [0, 0.05) is 24.3 Å². The van der Waals surface area contributed by atoms with E-state index in [1.165, 1.54) is 12.1 Å².